The number of hydrogen-bond donors (Lipinski definition) is 0. The summed E-state index contributed by atoms with van der Waals surface area (Å²) in [6, 6.07) is 17.9. The van der Waals surface area contributed by atoms with Crippen molar-refractivity contribution in [2.24, 2.45) is 0 Å². The molecular formula is C15H12S2. The van der Waals surface area contributed by atoms with Gasteiger partial charge in [-0.15, -0.1) is 0 Å². The molecule has 2 aliphatic rings. The van der Waals surface area contributed by atoms with E-state index in [0.717, 1.165) is 0 Å². The van der Waals surface area contributed by atoms with Crippen molar-refractivity contribution < 1.29 is 0 Å². The van der Waals surface area contributed by atoms with Crippen molar-refractivity contribution in [3.63, 3.8) is 0 Å². The smallest absolute Gasteiger partial charge is 0.0412 e. The fraction of sp³-hybridized carbons (Fsp3) is 0.200. The van der Waals surface area contributed by atoms with Gasteiger partial charge in [-0.1, -0.05) is 70.1 Å². The van der Waals surface area contributed by atoms with Crippen LogP contribution in [0.3, 0.4) is 0 Å². The van der Waals surface area contributed by atoms with Crippen molar-refractivity contribution in [3.8, 4) is 11.1 Å². The zero-order valence-corrected chi connectivity index (χ0v) is 11.0. The maximum absolute atomic E-state index is 2.32. The van der Waals surface area contributed by atoms with Crippen LogP contribution in [0.1, 0.15) is 11.1 Å². The highest BCUT2D eigenvalue weighted by Crippen LogP contribution is 2.57. The molecule has 1 aliphatic heterocycles. The van der Waals surface area contributed by atoms with Crippen molar-refractivity contribution in [2.45, 2.75) is 5.41 Å². The molecule has 1 aliphatic carbocycles. The molecule has 0 bridgehead atoms. The van der Waals surface area contributed by atoms with Crippen LogP contribution in [0.2, 0.25) is 0 Å². The SMILES string of the molecule is c1ccc2c(c1)-c1ccccc1C21CSSC1. The van der Waals surface area contributed by atoms with Crippen LogP contribution in [0, 0.1) is 0 Å². The van der Waals surface area contributed by atoms with Crippen molar-refractivity contribution in [2.75, 3.05) is 11.5 Å². The van der Waals surface area contributed by atoms with E-state index in [2.05, 4.69) is 48.5 Å². The molecule has 1 saturated heterocycles. The summed E-state index contributed by atoms with van der Waals surface area (Å²) in [5, 5.41) is 0. The predicted molar refractivity (Wildman–Crippen MR) is 77.6 cm³/mol. The van der Waals surface area contributed by atoms with E-state index in [1.165, 1.54) is 22.6 Å². The van der Waals surface area contributed by atoms with Crippen LogP contribution in [0.5, 0.6) is 0 Å². The third-order valence-electron chi connectivity index (χ3n) is 3.87. The standard InChI is InChI=1S/C15H12S2/c1-3-7-13-11(5-1)12-6-2-4-8-14(12)15(13)9-16-17-10-15/h1-8H,9-10H2. The third-order valence-corrected chi connectivity index (χ3v) is 6.46. The van der Waals surface area contributed by atoms with Crippen LogP contribution in [-0.4, -0.2) is 11.5 Å². The molecule has 2 heteroatoms. The Morgan fingerprint density at radius 1 is 0.706 bits per heavy atom. The molecule has 0 nitrogen and oxygen atoms in total. The average molecular weight is 256 g/mol. The fourth-order valence-corrected chi connectivity index (χ4v) is 6.28. The Hall–Kier alpha value is -0.860. The Balaban J connectivity index is 2.09. The van der Waals surface area contributed by atoms with Crippen molar-refractivity contribution in [1.82, 2.24) is 0 Å². The number of rotatable bonds is 0. The molecule has 2 aromatic rings. The minimum Gasteiger partial charge on any atom is -0.0928 e. The molecule has 1 spiro atoms. The summed E-state index contributed by atoms with van der Waals surface area (Å²) < 4.78 is 0. The van der Waals surface area contributed by atoms with Gasteiger partial charge in [0.25, 0.3) is 0 Å². The molecule has 4 rings (SSSR count). The van der Waals surface area contributed by atoms with Crippen molar-refractivity contribution in [1.29, 1.82) is 0 Å². The van der Waals surface area contributed by atoms with Gasteiger partial charge < -0.3 is 0 Å². The van der Waals surface area contributed by atoms with Gasteiger partial charge in [-0.2, -0.15) is 0 Å². The lowest BCUT2D eigenvalue weighted by molar-refractivity contribution is 0.695. The lowest BCUT2D eigenvalue weighted by Gasteiger charge is -2.24. The van der Waals surface area contributed by atoms with Crippen LogP contribution < -0.4 is 0 Å². The maximum atomic E-state index is 2.32. The lowest BCUT2D eigenvalue weighted by Crippen LogP contribution is -2.27. The van der Waals surface area contributed by atoms with E-state index in [9.17, 15) is 0 Å². The van der Waals surface area contributed by atoms with Gasteiger partial charge in [-0.25, -0.2) is 0 Å². The van der Waals surface area contributed by atoms with Crippen LogP contribution >= 0.6 is 21.6 Å². The molecule has 0 atom stereocenters. The lowest BCUT2D eigenvalue weighted by atomic mass is 9.82. The topological polar surface area (TPSA) is 0 Å². The second-order valence-electron chi connectivity index (χ2n) is 4.70. The van der Waals surface area contributed by atoms with Crippen LogP contribution in [0.25, 0.3) is 11.1 Å². The molecule has 0 aromatic heterocycles. The summed E-state index contributed by atoms with van der Waals surface area (Å²) >= 11 is 0. The normalized spacial score (nSPS) is 19.3. The zero-order chi connectivity index (χ0) is 11.3. The van der Waals surface area contributed by atoms with Gasteiger partial charge >= 0.3 is 0 Å². The Morgan fingerprint density at radius 2 is 1.18 bits per heavy atom. The van der Waals surface area contributed by atoms with Gasteiger partial charge in [-0.05, 0) is 22.3 Å². The summed E-state index contributed by atoms with van der Waals surface area (Å²) in [7, 11) is 4.03. The maximum Gasteiger partial charge on any atom is 0.0412 e. The first kappa shape index (κ1) is 10.1. The predicted octanol–water partition coefficient (Wildman–Crippen LogP) is 4.35. The zero-order valence-electron chi connectivity index (χ0n) is 9.35. The molecule has 0 N–H and O–H groups in total. The molecule has 0 radical (unpaired) electrons. The molecule has 1 heterocycles. The van der Waals surface area contributed by atoms with Crippen molar-refractivity contribution >= 4 is 21.6 Å². The number of hydrogen-bond acceptors (Lipinski definition) is 2. The fourth-order valence-electron chi connectivity index (χ4n) is 3.05. The van der Waals surface area contributed by atoms with Crippen molar-refractivity contribution in [3.05, 3.63) is 59.7 Å². The van der Waals surface area contributed by atoms with E-state index in [-0.39, 0.29) is 5.41 Å². The van der Waals surface area contributed by atoms with Gasteiger partial charge in [0, 0.05) is 16.9 Å². The molecule has 0 saturated carbocycles. The number of benzene rings is 2. The van der Waals surface area contributed by atoms with Gasteiger partial charge in [0.2, 0.25) is 0 Å². The molecular weight excluding hydrogens is 244 g/mol. The molecule has 84 valence electrons. The Labute approximate surface area is 109 Å². The van der Waals surface area contributed by atoms with Crippen LogP contribution in [0.4, 0.5) is 0 Å². The van der Waals surface area contributed by atoms with E-state index < -0.39 is 0 Å². The summed E-state index contributed by atoms with van der Waals surface area (Å²) in [6.07, 6.45) is 0. The van der Waals surface area contributed by atoms with Gasteiger partial charge in [-0.3, -0.25) is 0 Å². The Kier molecular flexibility index (Phi) is 2.12. The second-order valence-corrected chi connectivity index (χ2v) is 7.16. The van der Waals surface area contributed by atoms with E-state index in [1.807, 2.05) is 21.6 Å². The van der Waals surface area contributed by atoms with E-state index in [4.69, 9.17) is 0 Å². The molecule has 0 unspecified atom stereocenters. The molecule has 2 aromatic carbocycles. The first-order valence-electron chi connectivity index (χ1n) is 5.86. The quantitative estimate of drug-likeness (QED) is 0.643. The van der Waals surface area contributed by atoms with Crippen LogP contribution in [-0.2, 0) is 5.41 Å². The number of fused-ring (bicyclic) bond motifs is 5. The van der Waals surface area contributed by atoms with Gasteiger partial charge in [0.1, 0.15) is 0 Å². The summed E-state index contributed by atoms with van der Waals surface area (Å²) in [5.74, 6) is 2.43. The van der Waals surface area contributed by atoms with E-state index in [0.29, 0.717) is 0 Å². The highest BCUT2D eigenvalue weighted by molar-refractivity contribution is 8.77. The Morgan fingerprint density at radius 3 is 1.71 bits per heavy atom. The summed E-state index contributed by atoms with van der Waals surface area (Å²) in [5.41, 5.74) is 6.26. The Bertz CT molecular complexity index is 535. The first-order valence-corrected chi connectivity index (χ1v) is 8.34. The van der Waals surface area contributed by atoms with E-state index >= 15 is 0 Å². The largest absolute Gasteiger partial charge is 0.0928 e. The minimum atomic E-state index is 0.280. The monoisotopic (exact) mass is 256 g/mol. The van der Waals surface area contributed by atoms with Gasteiger partial charge in [0.05, 0.1) is 0 Å². The van der Waals surface area contributed by atoms with Crippen LogP contribution in [0.15, 0.2) is 48.5 Å². The molecule has 17 heavy (non-hydrogen) atoms. The summed E-state index contributed by atoms with van der Waals surface area (Å²) in [4.78, 5) is 0. The first-order chi connectivity index (χ1) is 8.42. The third kappa shape index (κ3) is 1.23. The van der Waals surface area contributed by atoms with Gasteiger partial charge in [0.15, 0.2) is 0 Å². The highest BCUT2D eigenvalue weighted by atomic mass is 33.1. The minimum absolute atomic E-state index is 0.280. The second kappa shape index (κ2) is 3.56. The molecule has 1 fully saturated rings. The summed E-state index contributed by atoms with van der Waals surface area (Å²) in [6.45, 7) is 0. The highest BCUT2D eigenvalue weighted by Gasteiger charge is 2.45. The average Bonchev–Trinajstić information content (AvgIpc) is 2.98. The molecule has 0 amide bonds. The van der Waals surface area contributed by atoms with E-state index in [1.54, 1.807) is 11.1 Å².